The highest BCUT2D eigenvalue weighted by Crippen LogP contribution is 2.20. The van der Waals surface area contributed by atoms with Gasteiger partial charge in [0.15, 0.2) is 0 Å². The summed E-state index contributed by atoms with van der Waals surface area (Å²) in [7, 11) is 0. The molecule has 1 aromatic rings. The zero-order valence-electron chi connectivity index (χ0n) is 7.29. The second kappa shape index (κ2) is 3.92. The van der Waals surface area contributed by atoms with Crippen molar-refractivity contribution in [3.8, 4) is 0 Å². The third kappa shape index (κ3) is 2.23. The number of aryl methyl sites for hydroxylation is 1. The number of benzene rings is 1. The number of hydrogen-bond donors (Lipinski definition) is 1. The molecule has 0 radical (unpaired) electrons. The first-order chi connectivity index (χ1) is 5.61. The summed E-state index contributed by atoms with van der Waals surface area (Å²) < 4.78 is 0. The molecule has 0 aliphatic carbocycles. The fourth-order valence-electron chi connectivity index (χ4n) is 1.12. The molecule has 0 aromatic heterocycles. The van der Waals surface area contributed by atoms with Gasteiger partial charge in [0.25, 0.3) is 0 Å². The van der Waals surface area contributed by atoms with E-state index in [2.05, 4.69) is 0 Å². The average molecular weight is 185 g/mol. The maximum Gasteiger partial charge on any atom is 0.0950 e. The quantitative estimate of drug-likeness (QED) is 0.701. The highest BCUT2D eigenvalue weighted by atomic mass is 35.5. The fourth-order valence-corrected chi connectivity index (χ4v) is 1.26. The van der Waals surface area contributed by atoms with Crippen LogP contribution in [0.5, 0.6) is 0 Å². The molecule has 0 aliphatic heterocycles. The van der Waals surface area contributed by atoms with Crippen LogP contribution in [0.25, 0.3) is 0 Å². The molecule has 2 heteroatoms. The average Bonchev–Trinajstić information content (AvgIpc) is 2.03. The molecule has 0 amide bonds. The van der Waals surface area contributed by atoms with Crippen LogP contribution < -0.4 is 0 Å². The maximum atomic E-state index is 9.59. The summed E-state index contributed by atoms with van der Waals surface area (Å²) in [6.45, 7) is 3.78. The highest BCUT2D eigenvalue weighted by Gasteiger charge is 2.12. The predicted molar refractivity (Wildman–Crippen MR) is 51.5 cm³/mol. The minimum atomic E-state index is -0.563. The van der Waals surface area contributed by atoms with E-state index in [1.165, 1.54) is 0 Å². The van der Waals surface area contributed by atoms with Crippen molar-refractivity contribution >= 4 is 11.6 Å². The van der Waals surface area contributed by atoms with Crippen LogP contribution in [0, 0.1) is 6.92 Å². The van der Waals surface area contributed by atoms with E-state index in [0.29, 0.717) is 0 Å². The van der Waals surface area contributed by atoms with Gasteiger partial charge in [-0.1, -0.05) is 29.8 Å². The van der Waals surface area contributed by atoms with E-state index >= 15 is 0 Å². The Kier molecular flexibility index (Phi) is 3.12. The number of halogens is 1. The molecule has 66 valence electrons. The Labute approximate surface area is 78.0 Å². The molecule has 0 aliphatic rings. The van der Waals surface area contributed by atoms with E-state index < -0.39 is 6.10 Å². The lowest BCUT2D eigenvalue weighted by atomic mass is 10.1. The third-order valence-corrected chi connectivity index (χ3v) is 2.06. The van der Waals surface area contributed by atoms with Gasteiger partial charge in [-0.2, -0.15) is 0 Å². The third-order valence-electron chi connectivity index (χ3n) is 1.82. The first-order valence-electron chi connectivity index (χ1n) is 4.00. The van der Waals surface area contributed by atoms with Gasteiger partial charge in [-0.05, 0) is 19.4 Å². The lowest BCUT2D eigenvalue weighted by Crippen LogP contribution is -2.07. The SMILES string of the molecule is Cc1cccc([C@@H](O)[C@H](C)Cl)c1. The van der Waals surface area contributed by atoms with Crippen molar-refractivity contribution in [2.45, 2.75) is 25.3 Å². The summed E-state index contributed by atoms with van der Waals surface area (Å²) in [5.74, 6) is 0. The fraction of sp³-hybridized carbons (Fsp3) is 0.400. The Morgan fingerprint density at radius 3 is 2.58 bits per heavy atom. The summed E-state index contributed by atoms with van der Waals surface area (Å²) >= 11 is 5.77. The van der Waals surface area contributed by atoms with Gasteiger partial charge in [0, 0.05) is 0 Å². The second-order valence-electron chi connectivity index (χ2n) is 3.04. The van der Waals surface area contributed by atoms with Crippen LogP contribution in [-0.2, 0) is 0 Å². The number of aliphatic hydroxyl groups is 1. The molecule has 1 aromatic carbocycles. The molecule has 1 N–H and O–H groups in total. The largest absolute Gasteiger partial charge is 0.387 e. The molecule has 2 atom stereocenters. The van der Waals surface area contributed by atoms with Crippen LogP contribution in [0.15, 0.2) is 24.3 Å². The Morgan fingerprint density at radius 2 is 2.08 bits per heavy atom. The normalized spacial score (nSPS) is 15.7. The Hall–Kier alpha value is -0.530. The summed E-state index contributed by atoms with van der Waals surface area (Å²) in [4.78, 5) is 0. The molecule has 1 rings (SSSR count). The van der Waals surface area contributed by atoms with Gasteiger partial charge in [-0.3, -0.25) is 0 Å². The van der Waals surface area contributed by atoms with Crippen LogP contribution in [0.3, 0.4) is 0 Å². The van der Waals surface area contributed by atoms with Crippen LogP contribution >= 0.6 is 11.6 Å². The first-order valence-corrected chi connectivity index (χ1v) is 4.43. The number of alkyl halides is 1. The van der Waals surface area contributed by atoms with Gasteiger partial charge < -0.3 is 5.11 Å². The Morgan fingerprint density at radius 1 is 1.42 bits per heavy atom. The zero-order chi connectivity index (χ0) is 9.14. The molecule has 0 spiro atoms. The van der Waals surface area contributed by atoms with Crippen molar-refractivity contribution in [3.63, 3.8) is 0 Å². The number of aliphatic hydroxyl groups excluding tert-OH is 1. The summed E-state index contributed by atoms with van der Waals surface area (Å²) in [5, 5.41) is 9.35. The molecule has 0 heterocycles. The van der Waals surface area contributed by atoms with Gasteiger partial charge in [-0.25, -0.2) is 0 Å². The van der Waals surface area contributed by atoms with Gasteiger partial charge >= 0.3 is 0 Å². The monoisotopic (exact) mass is 184 g/mol. The molecular formula is C10H13ClO. The van der Waals surface area contributed by atoms with Crippen molar-refractivity contribution in [1.29, 1.82) is 0 Å². The van der Waals surface area contributed by atoms with E-state index in [1.807, 2.05) is 31.2 Å². The van der Waals surface area contributed by atoms with Crippen LogP contribution in [0.4, 0.5) is 0 Å². The zero-order valence-corrected chi connectivity index (χ0v) is 8.05. The molecule has 0 fully saturated rings. The van der Waals surface area contributed by atoms with E-state index in [0.717, 1.165) is 11.1 Å². The standard InChI is InChI=1S/C10H13ClO/c1-7-4-3-5-9(6-7)10(12)8(2)11/h3-6,8,10,12H,1-2H3/t8-,10-/m0/s1. The first kappa shape index (κ1) is 9.56. The minimum Gasteiger partial charge on any atom is -0.387 e. The lowest BCUT2D eigenvalue weighted by molar-refractivity contribution is 0.177. The lowest BCUT2D eigenvalue weighted by Gasteiger charge is -2.13. The maximum absolute atomic E-state index is 9.59. The summed E-state index contributed by atoms with van der Waals surface area (Å²) in [6, 6.07) is 7.75. The predicted octanol–water partition coefficient (Wildman–Crippen LogP) is 2.66. The summed E-state index contributed by atoms with van der Waals surface area (Å²) in [6.07, 6.45) is -0.563. The van der Waals surface area contributed by atoms with E-state index in [4.69, 9.17) is 11.6 Å². The Balaban J connectivity index is 2.88. The number of rotatable bonds is 2. The van der Waals surface area contributed by atoms with Crippen molar-refractivity contribution in [2.75, 3.05) is 0 Å². The summed E-state index contributed by atoms with van der Waals surface area (Å²) in [5.41, 5.74) is 2.03. The smallest absolute Gasteiger partial charge is 0.0950 e. The molecule has 0 saturated carbocycles. The van der Waals surface area contributed by atoms with Gasteiger partial charge in [0.2, 0.25) is 0 Å². The van der Waals surface area contributed by atoms with Crippen molar-refractivity contribution < 1.29 is 5.11 Å². The van der Waals surface area contributed by atoms with Crippen LogP contribution in [-0.4, -0.2) is 10.5 Å². The van der Waals surface area contributed by atoms with E-state index in [9.17, 15) is 5.11 Å². The van der Waals surface area contributed by atoms with Gasteiger partial charge in [-0.15, -0.1) is 11.6 Å². The molecule has 0 saturated heterocycles. The molecule has 12 heavy (non-hydrogen) atoms. The van der Waals surface area contributed by atoms with Gasteiger partial charge in [0.1, 0.15) is 0 Å². The van der Waals surface area contributed by atoms with E-state index in [1.54, 1.807) is 6.92 Å². The molecular weight excluding hydrogens is 172 g/mol. The second-order valence-corrected chi connectivity index (χ2v) is 3.72. The van der Waals surface area contributed by atoms with Crippen molar-refractivity contribution in [2.24, 2.45) is 0 Å². The molecule has 1 nitrogen and oxygen atoms in total. The Bertz CT molecular complexity index is 258. The van der Waals surface area contributed by atoms with E-state index in [-0.39, 0.29) is 5.38 Å². The van der Waals surface area contributed by atoms with Crippen molar-refractivity contribution in [3.05, 3.63) is 35.4 Å². The molecule has 0 bridgehead atoms. The van der Waals surface area contributed by atoms with Crippen molar-refractivity contribution in [1.82, 2.24) is 0 Å². The topological polar surface area (TPSA) is 20.2 Å². The van der Waals surface area contributed by atoms with Crippen LogP contribution in [0.2, 0.25) is 0 Å². The highest BCUT2D eigenvalue weighted by molar-refractivity contribution is 6.20. The number of hydrogen-bond acceptors (Lipinski definition) is 1. The minimum absolute atomic E-state index is 0.244. The molecule has 0 unspecified atom stereocenters. The van der Waals surface area contributed by atoms with Crippen LogP contribution in [0.1, 0.15) is 24.2 Å². The van der Waals surface area contributed by atoms with Gasteiger partial charge in [0.05, 0.1) is 11.5 Å².